The van der Waals surface area contributed by atoms with Gasteiger partial charge in [0.1, 0.15) is 11.3 Å². The Morgan fingerprint density at radius 1 is 1.08 bits per heavy atom. The van der Waals surface area contributed by atoms with E-state index in [1.807, 2.05) is 22.9 Å². The van der Waals surface area contributed by atoms with Crippen LogP contribution in [0, 0.1) is 5.82 Å². The van der Waals surface area contributed by atoms with Gasteiger partial charge in [0.05, 0.1) is 5.52 Å². The number of nitrogens with zero attached hydrogens (tertiary/aromatic N) is 5. The van der Waals surface area contributed by atoms with Crippen LogP contribution in [0.2, 0.25) is 0 Å². The van der Waals surface area contributed by atoms with E-state index in [0.717, 1.165) is 29.6 Å². The molecule has 0 saturated carbocycles. The highest BCUT2D eigenvalue weighted by Gasteiger charge is 2.13. The minimum atomic E-state index is -0.306. The van der Waals surface area contributed by atoms with Crippen LogP contribution in [0.25, 0.3) is 33.9 Å². The summed E-state index contributed by atoms with van der Waals surface area (Å²) in [7, 11) is 0. The van der Waals surface area contributed by atoms with Crippen molar-refractivity contribution in [2.75, 3.05) is 0 Å². The van der Waals surface area contributed by atoms with Crippen LogP contribution in [-0.2, 0) is 6.54 Å². The summed E-state index contributed by atoms with van der Waals surface area (Å²) in [5, 5.41) is 12.3. The Hall–Kier alpha value is -3.09. The van der Waals surface area contributed by atoms with Gasteiger partial charge in [-0.05, 0) is 48.9 Å². The van der Waals surface area contributed by atoms with Crippen molar-refractivity contribution in [2.24, 2.45) is 0 Å². The molecule has 2 heterocycles. The second-order valence-corrected chi connectivity index (χ2v) is 5.45. The van der Waals surface area contributed by atoms with E-state index in [4.69, 9.17) is 4.52 Å². The summed E-state index contributed by atoms with van der Waals surface area (Å²) in [4.78, 5) is 4.38. The average Bonchev–Trinajstić information content (AvgIpc) is 3.23. The molecule has 4 rings (SSSR count). The molecule has 2 aromatic heterocycles. The number of aromatic nitrogens is 5. The maximum absolute atomic E-state index is 13.0. The van der Waals surface area contributed by atoms with Gasteiger partial charge in [-0.2, -0.15) is 4.98 Å². The Bertz CT molecular complexity index is 990. The quantitative estimate of drug-likeness (QED) is 0.573. The molecule has 0 amide bonds. The van der Waals surface area contributed by atoms with Crippen LogP contribution in [0.1, 0.15) is 13.3 Å². The summed E-state index contributed by atoms with van der Waals surface area (Å²) in [5.41, 5.74) is 3.23. The van der Waals surface area contributed by atoms with Crippen molar-refractivity contribution in [1.82, 2.24) is 25.1 Å². The van der Waals surface area contributed by atoms with Gasteiger partial charge < -0.3 is 4.52 Å². The maximum Gasteiger partial charge on any atom is 0.258 e. The lowest BCUT2D eigenvalue weighted by molar-refractivity contribution is 0.432. The fraction of sp³-hybridized carbons (Fsp3) is 0.176. The van der Waals surface area contributed by atoms with Gasteiger partial charge in [-0.15, -0.1) is 5.10 Å². The summed E-state index contributed by atoms with van der Waals surface area (Å²) in [6, 6.07) is 11.7. The smallest absolute Gasteiger partial charge is 0.258 e. The van der Waals surface area contributed by atoms with Crippen LogP contribution in [-0.4, -0.2) is 25.1 Å². The minimum Gasteiger partial charge on any atom is -0.334 e. The lowest BCUT2D eigenvalue weighted by Crippen LogP contribution is -1.98. The molecule has 0 radical (unpaired) electrons. The van der Waals surface area contributed by atoms with Crippen molar-refractivity contribution in [3.8, 4) is 22.8 Å². The topological polar surface area (TPSA) is 69.6 Å². The molecule has 2 aromatic carbocycles. The van der Waals surface area contributed by atoms with Gasteiger partial charge in [-0.1, -0.05) is 17.3 Å². The Morgan fingerprint density at radius 3 is 2.67 bits per heavy atom. The molecule has 0 N–H and O–H groups in total. The second-order valence-electron chi connectivity index (χ2n) is 5.45. The van der Waals surface area contributed by atoms with Crippen molar-refractivity contribution in [1.29, 1.82) is 0 Å². The van der Waals surface area contributed by atoms with Gasteiger partial charge in [0.25, 0.3) is 5.89 Å². The van der Waals surface area contributed by atoms with E-state index in [2.05, 4.69) is 27.4 Å². The fourth-order valence-electron chi connectivity index (χ4n) is 2.54. The third-order valence-corrected chi connectivity index (χ3v) is 3.72. The number of hydrogen-bond acceptors (Lipinski definition) is 5. The van der Waals surface area contributed by atoms with Gasteiger partial charge in [-0.25, -0.2) is 9.07 Å². The molecule has 0 bridgehead atoms. The molecule has 7 heteroatoms. The van der Waals surface area contributed by atoms with Crippen molar-refractivity contribution < 1.29 is 8.91 Å². The van der Waals surface area contributed by atoms with Crippen molar-refractivity contribution >= 4 is 11.0 Å². The number of hydrogen-bond donors (Lipinski definition) is 0. The number of benzene rings is 2. The summed E-state index contributed by atoms with van der Waals surface area (Å²) >= 11 is 0. The highest BCUT2D eigenvalue weighted by Crippen LogP contribution is 2.24. The van der Waals surface area contributed by atoms with Gasteiger partial charge in [0.15, 0.2) is 0 Å². The molecule has 120 valence electrons. The zero-order valence-corrected chi connectivity index (χ0v) is 13.0. The first-order chi connectivity index (χ1) is 11.7. The van der Waals surface area contributed by atoms with Crippen LogP contribution < -0.4 is 0 Å². The van der Waals surface area contributed by atoms with Gasteiger partial charge in [0, 0.05) is 17.7 Å². The lowest BCUT2D eigenvalue weighted by atomic mass is 10.2. The molecule has 0 aliphatic carbocycles. The largest absolute Gasteiger partial charge is 0.334 e. The predicted molar refractivity (Wildman–Crippen MR) is 86.5 cm³/mol. The first-order valence-corrected chi connectivity index (χ1v) is 7.68. The number of aryl methyl sites for hydroxylation is 1. The zero-order valence-electron chi connectivity index (χ0n) is 13.0. The predicted octanol–water partition coefficient (Wildman–Crippen LogP) is 3.70. The van der Waals surface area contributed by atoms with Crippen LogP contribution in [0.3, 0.4) is 0 Å². The summed E-state index contributed by atoms with van der Waals surface area (Å²) in [6.45, 7) is 2.92. The number of halogens is 1. The molecule has 0 saturated heterocycles. The van der Waals surface area contributed by atoms with E-state index in [9.17, 15) is 4.39 Å². The Kier molecular flexibility index (Phi) is 3.53. The zero-order chi connectivity index (χ0) is 16.5. The SMILES string of the molecule is CCCn1nnc2cc(-c3noc(-c4ccc(F)cc4)n3)ccc21. The summed E-state index contributed by atoms with van der Waals surface area (Å²) in [5.74, 6) is 0.500. The van der Waals surface area contributed by atoms with Crippen LogP contribution in [0.4, 0.5) is 4.39 Å². The van der Waals surface area contributed by atoms with Gasteiger partial charge in [-0.3, -0.25) is 0 Å². The van der Waals surface area contributed by atoms with E-state index in [1.54, 1.807) is 12.1 Å². The first-order valence-electron chi connectivity index (χ1n) is 7.68. The Balaban J connectivity index is 1.69. The molecule has 0 fully saturated rings. The van der Waals surface area contributed by atoms with Gasteiger partial charge >= 0.3 is 0 Å². The van der Waals surface area contributed by atoms with E-state index in [1.165, 1.54) is 12.1 Å². The van der Waals surface area contributed by atoms with E-state index in [-0.39, 0.29) is 5.82 Å². The van der Waals surface area contributed by atoms with Crippen LogP contribution in [0.5, 0.6) is 0 Å². The summed E-state index contributed by atoms with van der Waals surface area (Å²) < 4.78 is 20.1. The molecular weight excluding hydrogens is 309 g/mol. The van der Waals surface area contributed by atoms with E-state index >= 15 is 0 Å². The van der Waals surface area contributed by atoms with Crippen molar-refractivity contribution in [3.63, 3.8) is 0 Å². The fourth-order valence-corrected chi connectivity index (χ4v) is 2.54. The molecule has 0 unspecified atom stereocenters. The monoisotopic (exact) mass is 323 g/mol. The minimum absolute atomic E-state index is 0.306. The first kappa shape index (κ1) is 14.5. The maximum atomic E-state index is 13.0. The molecule has 0 spiro atoms. The van der Waals surface area contributed by atoms with Crippen molar-refractivity contribution in [3.05, 3.63) is 48.3 Å². The summed E-state index contributed by atoms with van der Waals surface area (Å²) in [6.07, 6.45) is 0.992. The molecular formula is C17H14FN5O. The molecule has 0 aliphatic rings. The average molecular weight is 323 g/mol. The number of rotatable bonds is 4. The molecule has 0 aliphatic heterocycles. The standard InChI is InChI=1S/C17H14FN5O/c1-2-9-23-15-8-5-12(10-14(15)20-22-23)16-19-17(24-21-16)11-3-6-13(18)7-4-11/h3-8,10H,2,9H2,1H3. The Labute approximate surface area is 136 Å². The van der Waals surface area contributed by atoms with E-state index in [0.29, 0.717) is 17.3 Å². The number of fused-ring (bicyclic) bond motifs is 1. The molecule has 0 atom stereocenters. The highest BCUT2D eigenvalue weighted by atomic mass is 19.1. The van der Waals surface area contributed by atoms with Gasteiger partial charge in [0.2, 0.25) is 5.82 Å². The van der Waals surface area contributed by atoms with Crippen LogP contribution in [0.15, 0.2) is 47.0 Å². The lowest BCUT2D eigenvalue weighted by Gasteiger charge is -1.99. The van der Waals surface area contributed by atoms with E-state index < -0.39 is 0 Å². The Morgan fingerprint density at radius 2 is 1.88 bits per heavy atom. The van der Waals surface area contributed by atoms with Crippen LogP contribution >= 0.6 is 0 Å². The third-order valence-electron chi connectivity index (χ3n) is 3.72. The second kappa shape index (κ2) is 5.84. The highest BCUT2D eigenvalue weighted by molar-refractivity contribution is 5.80. The third kappa shape index (κ3) is 2.54. The van der Waals surface area contributed by atoms with Crippen molar-refractivity contribution in [2.45, 2.75) is 19.9 Å². The molecule has 6 nitrogen and oxygen atoms in total. The normalized spacial score (nSPS) is 11.2. The molecule has 4 aromatic rings. The molecule has 24 heavy (non-hydrogen) atoms.